The van der Waals surface area contributed by atoms with E-state index in [9.17, 15) is 4.39 Å². The van der Waals surface area contributed by atoms with Gasteiger partial charge in [0.25, 0.3) is 0 Å². The third-order valence-electron chi connectivity index (χ3n) is 2.99. The number of nitrogens with one attached hydrogen (secondary N) is 1. The quantitative estimate of drug-likeness (QED) is 0.637. The van der Waals surface area contributed by atoms with Gasteiger partial charge in [0.2, 0.25) is 0 Å². The van der Waals surface area contributed by atoms with Crippen LogP contribution in [0, 0.1) is 5.82 Å². The number of halogens is 1. The molecule has 2 aromatic rings. The van der Waals surface area contributed by atoms with Crippen molar-refractivity contribution in [1.29, 1.82) is 0 Å². The first-order valence-corrected chi connectivity index (χ1v) is 6.21. The Morgan fingerprint density at radius 1 is 1.42 bits per heavy atom. The first-order chi connectivity index (χ1) is 9.11. The maximum atomic E-state index is 13.7. The van der Waals surface area contributed by atoms with Gasteiger partial charge in [-0.2, -0.15) is 5.10 Å². The largest absolute Gasteiger partial charge is 0.271 e. The number of hydrogen-bond acceptors (Lipinski definition) is 4. The second-order valence-electron chi connectivity index (χ2n) is 4.70. The summed E-state index contributed by atoms with van der Waals surface area (Å²) in [6.07, 6.45) is 5.18. The number of pyridine rings is 1. The molecule has 0 radical (unpaired) electrons. The fourth-order valence-corrected chi connectivity index (χ4v) is 1.91. The highest BCUT2D eigenvalue weighted by atomic mass is 19.1. The van der Waals surface area contributed by atoms with Crippen molar-refractivity contribution >= 4 is 0 Å². The Hall–Kier alpha value is -1.79. The van der Waals surface area contributed by atoms with Crippen LogP contribution in [0.1, 0.15) is 37.2 Å². The van der Waals surface area contributed by atoms with Gasteiger partial charge in [-0.15, -0.1) is 0 Å². The number of hydrazine groups is 1. The van der Waals surface area contributed by atoms with Crippen LogP contribution in [-0.2, 0) is 6.42 Å². The van der Waals surface area contributed by atoms with Crippen LogP contribution in [0.2, 0.25) is 0 Å². The molecule has 3 N–H and O–H groups in total. The molecule has 0 saturated carbocycles. The highest BCUT2D eigenvalue weighted by molar-refractivity contribution is 5.19. The lowest BCUT2D eigenvalue weighted by Gasteiger charge is -2.15. The number of aromatic nitrogens is 3. The van der Waals surface area contributed by atoms with Crippen LogP contribution < -0.4 is 11.3 Å². The summed E-state index contributed by atoms with van der Waals surface area (Å²) in [5.41, 5.74) is 3.99. The van der Waals surface area contributed by atoms with E-state index in [0.717, 1.165) is 5.69 Å². The lowest BCUT2D eigenvalue weighted by Crippen LogP contribution is -2.30. The van der Waals surface area contributed by atoms with Gasteiger partial charge >= 0.3 is 0 Å². The van der Waals surface area contributed by atoms with Crippen molar-refractivity contribution in [2.24, 2.45) is 5.84 Å². The molecular weight excluding hydrogens is 245 g/mol. The van der Waals surface area contributed by atoms with Crippen molar-refractivity contribution in [3.05, 3.63) is 47.8 Å². The van der Waals surface area contributed by atoms with Gasteiger partial charge in [0.05, 0.1) is 17.9 Å². The predicted molar refractivity (Wildman–Crippen MR) is 70.6 cm³/mol. The van der Waals surface area contributed by atoms with E-state index >= 15 is 0 Å². The first-order valence-electron chi connectivity index (χ1n) is 6.21. The summed E-state index contributed by atoms with van der Waals surface area (Å²) in [6, 6.07) is 3.53. The lowest BCUT2D eigenvalue weighted by atomic mass is 10.0. The van der Waals surface area contributed by atoms with E-state index in [2.05, 4.69) is 29.4 Å². The second kappa shape index (κ2) is 5.90. The molecule has 102 valence electrons. The van der Waals surface area contributed by atoms with Crippen molar-refractivity contribution in [1.82, 2.24) is 20.2 Å². The van der Waals surface area contributed by atoms with Crippen LogP contribution >= 0.6 is 0 Å². The maximum Gasteiger partial charge on any atom is 0.146 e. The molecule has 0 aliphatic heterocycles. The number of rotatable bonds is 5. The highest BCUT2D eigenvalue weighted by Gasteiger charge is 2.16. The van der Waals surface area contributed by atoms with Gasteiger partial charge in [-0.3, -0.25) is 20.9 Å². The molecule has 1 atom stereocenters. The van der Waals surface area contributed by atoms with Crippen LogP contribution in [0.15, 0.2) is 30.7 Å². The van der Waals surface area contributed by atoms with E-state index in [1.165, 1.54) is 6.20 Å². The van der Waals surface area contributed by atoms with Crippen molar-refractivity contribution in [2.45, 2.75) is 32.4 Å². The topological polar surface area (TPSA) is 68.8 Å². The average Bonchev–Trinajstić information content (AvgIpc) is 2.86. The third-order valence-corrected chi connectivity index (χ3v) is 2.99. The number of hydrogen-bond donors (Lipinski definition) is 2. The zero-order valence-corrected chi connectivity index (χ0v) is 11.0. The van der Waals surface area contributed by atoms with Crippen LogP contribution in [0.25, 0.3) is 0 Å². The van der Waals surface area contributed by atoms with Gasteiger partial charge in [-0.25, -0.2) is 4.39 Å². The summed E-state index contributed by atoms with van der Waals surface area (Å²) in [5.74, 6) is 5.15. The van der Waals surface area contributed by atoms with Gasteiger partial charge in [0.1, 0.15) is 5.82 Å². The average molecular weight is 263 g/mol. The molecule has 0 amide bonds. The van der Waals surface area contributed by atoms with E-state index in [-0.39, 0.29) is 11.9 Å². The fraction of sp³-hybridized carbons (Fsp3) is 0.385. The molecule has 0 bridgehead atoms. The molecule has 0 aromatic carbocycles. The smallest absolute Gasteiger partial charge is 0.146 e. The Bertz CT molecular complexity index is 537. The van der Waals surface area contributed by atoms with E-state index in [0.29, 0.717) is 18.0 Å². The van der Waals surface area contributed by atoms with Crippen LogP contribution in [-0.4, -0.2) is 14.8 Å². The van der Waals surface area contributed by atoms with Crippen LogP contribution in [0.3, 0.4) is 0 Å². The normalized spacial score (nSPS) is 12.9. The van der Waals surface area contributed by atoms with Crippen molar-refractivity contribution < 1.29 is 4.39 Å². The summed E-state index contributed by atoms with van der Waals surface area (Å²) < 4.78 is 15.5. The third kappa shape index (κ3) is 3.15. The maximum absolute atomic E-state index is 13.7. The Labute approximate surface area is 111 Å². The zero-order valence-electron chi connectivity index (χ0n) is 11.0. The molecule has 19 heavy (non-hydrogen) atoms. The monoisotopic (exact) mass is 263 g/mol. The van der Waals surface area contributed by atoms with Crippen molar-refractivity contribution in [2.75, 3.05) is 0 Å². The first kappa shape index (κ1) is 13.6. The van der Waals surface area contributed by atoms with Crippen LogP contribution in [0.4, 0.5) is 4.39 Å². The minimum atomic E-state index is -0.367. The molecule has 6 heteroatoms. The molecule has 5 nitrogen and oxygen atoms in total. The minimum Gasteiger partial charge on any atom is -0.271 e. The number of nitrogens with two attached hydrogens (primary N) is 1. The molecule has 0 saturated heterocycles. The van der Waals surface area contributed by atoms with Crippen molar-refractivity contribution in [3.63, 3.8) is 0 Å². The lowest BCUT2D eigenvalue weighted by molar-refractivity contribution is 0.489. The summed E-state index contributed by atoms with van der Waals surface area (Å²) in [7, 11) is 0. The van der Waals surface area contributed by atoms with Crippen LogP contribution in [0.5, 0.6) is 0 Å². The molecular formula is C13H18FN5. The number of nitrogens with zero attached hydrogens (tertiary/aromatic N) is 3. The van der Waals surface area contributed by atoms with Gasteiger partial charge in [-0.05, 0) is 26.0 Å². The Morgan fingerprint density at radius 2 is 2.21 bits per heavy atom. The SMILES string of the molecule is CC(C)n1ccc(CC(NN)c2ccncc2F)n1. The highest BCUT2D eigenvalue weighted by Crippen LogP contribution is 2.19. The molecule has 1 unspecified atom stereocenters. The summed E-state index contributed by atoms with van der Waals surface area (Å²) in [6.45, 7) is 4.11. The molecule has 0 fully saturated rings. The van der Waals surface area contributed by atoms with Gasteiger partial charge in [0.15, 0.2) is 0 Å². The predicted octanol–water partition coefficient (Wildman–Crippen LogP) is 1.75. The molecule has 2 rings (SSSR count). The van der Waals surface area contributed by atoms with Gasteiger partial charge < -0.3 is 0 Å². The Balaban J connectivity index is 2.17. The molecule has 0 spiro atoms. The second-order valence-corrected chi connectivity index (χ2v) is 4.70. The summed E-state index contributed by atoms with van der Waals surface area (Å²) in [5, 5.41) is 4.44. The van der Waals surface area contributed by atoms with E-state index in [1.807, 2.05) is 16.9 Å². The summed E-state index contributed by atoms with van der Waals surface area (Å²) in [4.78, 5) is 3.73. The minimum absolute atomic E-state index is 0.302. The Kier molecular flexibility index (Phi) is 4.24. The molecule has 2 heterocycles. The fourth-order valence-electron chi connectivity index (χ4n) is 1.91. The van der Waals surface area contributed by atoms with E-state index in [4.69, 9.17) is 5.84 Å². The van der Waals surface area contributed by atoms with E-state index in [1.54, 1.807) is 12.3 Å². The van der Waals surface area contributed by atoms with Crippen molar-refractivity contribution in [3.8, 4) is 0 Å². The zero-order chi connectivity index (χ0) is 13.8. The van der Waals surface area contributed by atoms with E-state index < -0.39 is 0 Å². The molecule has 0 aliphatic rings. The molecule has 0 aliphatic carbocycles. The van der Waals surface area contributed by atoms with Gasteiger partial charge in [-0.1, -0.05) is 0 Å². The summed E-state index contributed by atoms with van der Waals surface area (Å²) >= 11 is 0. The molecule has 2 aromatic heterocycles. The Morgan fingerprint density at radius 3 is 2.79 bits per heavy atom. The standard InChI is InChI=1S/C13H18FN5/c1-9(2)19-6-4-10(18-19)7-13(17-15)11-3-5-16-8-12(11)14/h3-6,8-9,13,17H,7,15H2,1-2H3. The van der Waals surface area contributed by atoms with Gasteiger partial charge in [0, 0.05) is 30.4 Å².